The first-order valence-corrected chi connectivity index (χ1v) is 9.38. The van der Waals surface area contributed by atoms with E-state index in [1.54, 1.807) is 0 Å². The van der Waals surface area contributed by atoms with E-state index in [4.69, 9.17) is 0 Å². The lowest BCUT2D eigenvalue weighted by Crippen LogP contribution is -2.46. The minimum Gasteiger partial charge on any atom is -0.0654 e. The summed E-state index contributed by atoms with van der Waals surface area (Å²) in [4.78, 5) is 0. The Labute approximate surface area is 149 Å². The summed E-state index contributed by atoms with van der Waals surface area (Å²) in [7, 11) is 0. The zero-order valence-electron chi connectivity index (χ0n) is 16.1. The van der Waals surface area contributed by atoms with Gasteiger partial charge in [-0.15, -0.1) is 0 Å². The molecule has 0 fully saturated rings. The summed E-state index contributed by atoms with van der Waals surface area (Å²) < 4.78 is 0. The molecule has 0 bridgehead atoms. The first-order chi connectivity index (χ1) is 11.5. The standard InChI is InChI=1S/C24H33/c1-6-7-14-19-23(4,5)24(20(2)3,21-15-10-8-11-16-21)22-17-12-9-13-18-22/h8-13,15-18H,6-7,14,19H2,1-5H3. The molecule has 0 aromatic heterocycles. The van der Waals surface area contributed by atoms with Gasteiger partial charge in [0.2, 0.25) is 0 Å². The zero-order valence-corrected chi connectivity index (χ0v) is 16.1. The van der Waals surface area contributed by atoms with Gasteiger partial charge in [-0.2, -0.15) is 0 Å². The van der Waals surface area contributed by atoms with Gasteiger partial charge < -0.3 is 0 Å². The highest BCUT2D eigenvalue weighted by atomic mass is 14.5. The minimum absolute atomic E-state index is 0.0523. The van der Waals surface area contributed by atoms with E-state index in [1.807, 2.05) is 0 Å². The van der Waals surface area contributed by atoms with Gasteiger partial charge in [-0.1, -0.05) is 115 Å². The van der Waals surface area contributed by atoms with E-state index in [0.29, 0.717) is 0 Å². The zero-order chi connectivity index (χ0) is 17.6. The highest BCUT2D eigenvalue weighted by molar-refractivity contribution is 5.48. The quantitative estimate of drug-likeness (QED) is 0.451. The van der Waals surface area contributed by atoms with Crippen molar-refractivity contribution in [2.24, 2.45) is 5.41 Å². The first-order valence-electron chi connectivity index (χ1n) is 9.38. The molecule has 0 spiro atoms. The van der Waals surface area contributed by atoms with Crippen LogP contribution in [-0.4, -0.2) is 0 Å². The summed E-state index contributed by atoms with van der Waals surface area (Å²) >= 11 is 0. The molecule has 0 atom stereocenters. The summed E-state index contributed by atoms with van der Waals surface area (Å²) in [5.41, 5.74) is 2.93. The van der Waals surface area contributed by atoms with Crippen molar-refractivity contribution in [1.29, 1.82) is 0 Å². The lowest BCUT2D eigenvalue weighted by Gasteiger charge is -2.51. The Morgan fingerprint density at radius 3 is 1.58 bits per heavy atom. The molecule has 0 unspecified atom stereocenters. The number of benzene rings is 2. The number of unbranched alkanes of at least 4 members (excludes halogenated alkanes) is 2. The molecule has 1 radical (unpaired) electrons. The van der Waals surface area contributed by atoms with Gasteiger partial charge >= 0.3 is 0 Å². The van der Waals surface area contributed by atoms with Crippen molar-refractivity contribution in [1.82, 2.24) is 0 Å². The fourth-order valence-electron chi connectivity index (χ4n) is 4.58. The predicted octanol–water partition coefficient (Wildman–Crippen LogP) is 7.19. The van der Waals surface area contributed by atoms with E-state index in [1.165, 1.54) is 42.7 Å². The van der Waals surface area contributed by atoms with Crippen LogP contribution in [0.4, 0.5) is 0 Å². The van der Waals surface area contributed by atoms with Crippen molar-refractivity contribution < 1.29 is 0 Å². The summed E-state index contributed by atoms with van der Waals surface area (Å²) in [6.07, 6.45) is 5.11. The average Bonchev–Trinajstić information content (AvgIpc) is 2.57. The van der Waals surface area contributed by atoms with Crippen LogP contribution in [0.2, 0.25) is 0 Å². The van der Waals surface area contributed by atoms with Crippen LogP contribution in [0.15, 0.2) is 60.7 Å². The smallest absolute Gasteiger partial charge is 0.0310 e. The van der Waals surface area contributed by atoms with Gasteiger partial charge in [-0.25, -0.2) is 0 Å². The van der Waals surface area contributed by atoms with E-state index in [0.717, 1.165) is 0 Å². The second kappa shape index (κ2) is 8.01. The maximum Gasteiger partial charge on any atom is 0.0310 e. The Bertz CT molecular complexity index is 553. The second-order valence-electron chi connectivity index (χ2n) is 7.82. The first kappa shape index (κ1) is 18.8. The van der Waals surface area contributed by atoms with Crippen molar-refractivity contribution in [3.63, 3.8) is 0 Å². The molecule has 0 N–H and O–H groups in total. The number of hydrogen-bond donors (Lipinski definition) is 0. The summed E-state index contributed by atoms with van der Waals surface area (Å²) in [5, 5.41) is 0. The molecule has 0 saturated heterocycles. The van der Waals surface area contributed by atoms with Crippen LogP contribution in [0.3, 0.4) is 0 Å². The SMILES string of the molecule is CCCCCC(C)(C)C([C](C)C)(c1ccccc1)c1ccccc1. The Hall–Kier alpha value is -1.56. The van der Waals surface area contributed by atoms with E-state index in [9.17, 15) is 0 Å². The molecule has 129 valence electrons. The molecule has 0 saturated carbocycles. The molecule has 0 nitrogen and oxygen atoms in total. The minimum atomic E-state index is -0.0523. The van der Waals surface area contributed by atoms with Crippen LogP contribution in [0, 0.1) is 11.3 Å². The fourth-order valence-corrected chi connectivity index (χ4v) is 4.58. The lowest BCUT2D eigenvalue weighted by atomic mass is 9.52. The molecule has 2 aromatic carbocycles. The highest BCUT2D eigenvalue weighted by Crippen LogP contribution is 2.55. The van der Waals surface area contributed by atoms with Crippen molar-refractivity contribution in [2.45, 2.75) is 65.7 Å². The summed E-state index contributed by atoms with van der Waals surface area (Å²) in [5.74, 6) is 1.47. The summed E-state index contributed by atoms with van der Waals surface area (Å²) in [6, 6.07) is 22.2. The molecule has 2 rings (SSSR count). The van der Waals surface area contributed by atoms with Gasteiger partial charge in [-0.3, -0.25) is 0 Å². The predicted molar refractivity (Wildman–Crippen MR) is 106 cm³/mol. The van der Waals surface area contributed by atoms with Gasteiger partial charge in [0.05, 0.1) is 0 Å². The molecule has 0 amide bonds. The fraction of sp³-hybridized carbons (Fsp3) is 0.458. The third-order valence-electron chi connectivity index (χ3n) is 5.58. The third-order valence-corrected chi connectivity index (χ3v) is 5.58. The van der Waals surface area contributed by atoms with Gasteiger partial charge in [0.1, 0.15) is 0 Å². The molecular weight excluding hydrogens is 288 g/mol. The molecule has 0 aliphatic carbocycles. The molecule has 2 aromatic rings. The van der Waals surface area contributed by atoms with Crippen molar-refractivity contribution >= 4 is 0 Å². The third kappa shape index (κ3) is 3.43. The van der Waals surface area contributed by atoms with Crippen LogP contribution in [0.1, 0.15) is 71.4 Å². The molecular formula is C24H33. The van der Waals surface area contributed by atoms with Crippen LogP contribution >= 0.6 is 0 Å². The second-order valence-corrected chi connectivity index (χ2v) is 7.82. The van der Waals surface area contributed by atoms with E-state index in [2.05, 4.69) is 95.3 Å². The van der Waals surface area contributed by atoms with Gasteiger partial charge in [0.15, 0.2) is 0 Å². The van der Waals surface area contributed by atoms with E-state index in [-0.39, 0.29) is 10.8 Å². The van der Waals surface area contributed by atoms with Crippen molar-refractivity contribution in [3.8, 4) is 0 Å². The van der Waals surface area contributed by atoms with Gasteiger partial charge in [-0.05, 0) is 28.9 Å². The van der Waals surface area contributed by atoms with E-state index >= 15 is 0 Å². The Morgan fingerprint density at radius 2 is 1.21 bits per heavy atom. The molecule has 0 heterocycles. The maximum absolute atomic E-state index is 2.45. The van der Waals surface area contributed by atoms with Crippen molar-refractivity contribution in [3.05, 3.63) is 77.7 Å². The monoisotopic (exact) mass is 321 g/mol. The van der Waals surface area contributed by atoms with Crippen LogP contribution < -0.4 is 0 Å². The van der Waals surface area contributed by atoms with E-state index < -0.39 is 0 Å². The molecule has 0 aliphatic heterocycles. The van der Waals surface area contributed by atoms with Crippen LogP contribution in [-0.2, 0) is 5.41 Å². The topological polar surface area (TPSA) is 0 Å². The molecule has 0 aliphatic rings. The largest absolute Gasteiger partial charge is 0.0654 e. The van der Waals surface area contributed by atoms with Crippen LogP contribution in [0.25, 0.3) is 0 Å². The Balaban J connectivity index is 2.63. The van der Waals surface area contributed by atoms with Gasteiger partial charge in [0, 0.05) is 5.41 Å². The summed E-state index contributed by atoms with van der Waals surface area (Å²) in [6.45, 7) is 11.8. The number of hydrogen-bond acceptors (Lipinski definition) is 0. The van der Waals surface area contributed by atoms with Gasteiger partial charge in [0.25, 0.3) is 0 Å². The highest BCUT2D eigenvalue weighted by Gasteiger charge is 2.49. The molecule has 0 heteroatoms. The normalized spacial score (nSPS) is 12.6. The van der Waals surface area contributed by atoms with Crippen molar-refractivity contribution in [2.75, 3.05) is 0 Å². The Kier molecular flexibility index (Phi) is 6.27. The Morgan fingerprint density at radius 1 is 0.750 bits per heavy atom. The molecule has 24 heavy (non-hydrogen) atoms. The lowest BCUT2D eigenvalue weighted by molar-refractivity contribution is 0.189. The van der Waals surface area contributed by atoms with Crippen LogP contribution in [0.5, 0.6) is 0 Å². The average molecular weight is 322 g/mol. The number of rotatable bonds is 8. The maximum atomic E-state index is 2.45.